The maximum Gasteiger partial charge on any atom is 0.306 e. The fraction of sp³-hybridized carbons (Fsp3) is 0.529. The molecule has 0 aliphatic heterocycles. The number of benzene rings is 1. The van der Waals surface area contributed by atoms with Crippen molar-refractivity contribution in [1.29, 1.82) is 0 Å². The summed E-state index contributed by atoms with van der Waals surface area (Å²) in [6.45, 7) is 0.554. The van der Waals surface area contributed by atoms with Crippen molar-refractivity contribution in [3.63, 3.8) is 0 Å². The number of nitrogens with zero attached hydrogens (tertiary/aromatic N) is 1. The van der Waals surface area contributed by atoms with Crippen LogP contribution < -0.4 is 0 Å². The van der Waals surface area contributed by atoms with E-state index in [0.717, 1.165) is 18.4 Å². The van der Waals surface area contributed by atoms with Crippen LogP contribution in [-0.2, 0) is 16.0 Å². The molecule has 0 saturated heterocycles. The van der Waals surface area contributed by atoms with E-state index in [1.54, 1.807) is 24.1 Å². The van der Waals surface area contributed by atoms with Gasteiger partial charge in [0.2, 0.25) is 5.91 Å². The van der Waals surface area contributed by atoms with Crippen molar-refractivity contribution in [2.45, 2.75) is 32.1 Å². The molecule has 2 unspecified atom stereocenters. The number of likely N-dealkylation sites (N-methyl/N-ethyl adjacent to an activating group) is 1. The Kier molecular flexibility index (Phi) is 5.52. The van der Waals surface area contributed by atoms with Gasteiger partial charge in [-0.1, -0.05) is 18.6 Å². The van der Waals surface area contributed by atoms with Crippen LogP contribution in [0.5, 0.6) is 0 Å². The normalized spacial score (nSPS) is 21.4. The van der Waals surface area contributed by atoms with E-state index >= 15 is 0 Å². The molecule has 1 aromatic rings. The van der Waals surface area contributed by atoms with Crippen LogP contribution in [0.1, 0.15) is 31.2 Å². The Morgan fingerprint density at radius 2 is 1.86 bits per heavy atom. The topological polar surface area (TPSA) is 57.6 Å². The first-order valence-corrected chi connectivity index (χ1v) is 7.69. The van der Waals surface area contributed by atoms with E-state index in [9.17, 15) is 14.0 Å². The molecular weight excluding hydrogens is 285 g/mol. The Balaban J connectivity index is 1.86. The fourth-order valence-electron chi connectivity index (χ4n) is 3.01. The van der Waals surface area contributed by atoms with Gasteiger partial charge in [-0.15, -0.1) is 0 Å². The molecule has 0 radical (unpaired) electrons. The van der Waals surface area contributed by atoms with Crippen LogP contribution in [0.2, 0.25) is 0 Å². The molecule has 4 nitrogen and oxygen atoms in total. The van der Waals surface area contributed by atoms with E-state index in [1.807, 2.05) is 0 Å². The predicted octanol–water partition coefficient (Wildman–Crippen LogP) is 2.72. The van der Waals surface area contributed by atoms with E-state index in [0.29, 0.717) is 25.8 Å². The molecule has 0 spiro atoms. The molecular formula is C17H22FNO3. The third-order valence-corrected chi connectivity index (χ3v) is 4.40. The molecule has 1 N–H and O–H groups in total. The first-order valence-electron chi connectivity index (χ1n) is 7.69. The van der Waals surface area contributed by atoms with Crippen LogP contribution in [0.25, 0.3) is 0 Å². The molecule has 0 aromatic heterocycles. The molecule has 22 heavy (non-hydrogen) atoms. The van der Waals surface area contributed by atoms with Crippen molar-refractivity contribution in [1.82, 2.24) is 4.90 Å². The highest BCUT2D eigenvalue weighted by atomic mass is 19.1. The molecule has 2 rings (SSSR count). The zero-order chi connectivity index (χ0) is 16.1. The Hall–Kier alpha value is -1.91. The summed E-state index contributed by atoms with van der Waals surface area (Å²) in [5.74, 6) is -1.63. The quantitative estimate of drug-likeness (QED) is 0.910. The molecule has 1 aliphatic carbocycles. The van der Waals surface area contributed by atoms with Crippen LogP contribution in [0.3, 0.4) is 0 Å². The van der Waals surface area contributed by atoms with Gasteiger partial charge in [0.05, 0.1) is 5.92 Å². The van der Waals surface area contributed by atoms with Crippen molar-refractivity contribution < 1.29 is 19.1 Å². The average molecular weight is 307 g/mol. The van der Waals surface area contributed by atoms with Gasteiger partial charge in [-0.05, 0) is 43.4 Å². The number of carboxylic acid groups (broad SMARTS) is 1. The van der Waals surface area contributed by atoms with Crippen molar-refractivity contribution in [3.8, 4) is 0 Å². The number of rotatable bonds is 5. The third kappa shape index (κ3) is 4.29. The van der Waals surface area contributed by atoms with Crippen molar-refractivity contribution >= 4 is 11.9 Å². The summed E-state index contributed by atoms with van der Waals surface area (Å²) in [7, 11) is 1.75. The summed E-state index contributed by atoms with van der Waals surface area (Å²) in [5, 5.41) is 9.10. The first kappa shape index (κ1) is 16.5. The smallest absolute Gasteiger partial charge is 0.306 e. The van der Waals surface area contributed by atoms with E-state index < -0.39 is 11.9 Å². The number of halogens is 1. The number of hydrogen-bond acceptors (Lipinski definition) is 2. The fourth-order valence-corrected chi connectivity index (χ4v) is 3.01. The Morgan fingerprint density at radius 3 is 2.50 bits per heavy atom. The number of carbonyl (C=O) groups is 2. The summed E-state index contributed by atoms with van der Waals surface area (Å²) in [4.78, 5) is 25.2. The minimum absolute atomic E-state index is 0.0214. The van der Waals surface area contributed by atoms with Gasteiger partial charge < -0.3 is 10.0 Å². The number of hydrogen-bond donors (Lipinski definition) is 1. The number of aliphatic carboxylic acids is 1. The summed E-state index contributed by atoms with van der Waals surface area (Å²) in [6.07, 6.45) is 3.33. The highest BCUT2D eigenvalue weighted by Gasteiger charge is 2.32. The molecule has 120 valence electrons. The van der Waals surface area contributed by atoms with Gasteiger partial charge in [0.25, 0.3) is 0 Å². The Labute approximate surface area is 129 Å². The largest absolute Gasteiger partial charge is 0.481 e. The predicted molar refractivity (Wildman–Crippen MR) is 80.8 cm³/mol. The van der Waals surface area contributed by atoms with E-state index in [2.05, 4.69) is 0 Å². The maximum atomic E-state index is 12.8. The lowest BCUT2D eigenvalue weighted by molar-refractivity contribution is -0.145. The van der Waals surface area contributed by atoms with Crippen LogP contribution >= 0.6 is 0 Å². The van der Waals surface area contributed by atoms with Gasteiger partial charge in [-0.25, -0.2) is 4.39 Å². The van der Waals surface area contributed by atoms with Crippen molar-refractivity contribution in [2.24, 2.45) is 11.8 Å². The third-order valence-electron chi connectivity index (χ3n) is 4.40. The van der Waals surface area contributed by atoms with Crippen LogP contribution in [0, 0.1) is 17.7 Å². The minimum Gasteiger partial charge on any atom is -0.481 e. The monoisotopic (exact) mass is 307 g/mol. The van der Waals surface area contributed by atoms with Gasteiger partial charge >= 0.3 is 5.97 Å². The second kappa shape index (κ2) is 7.38. The lowest BCUT2D eigenvalue weighted by atomic mass is 9.81. The van der Waals surface area contributed by atoms with Crippen molar-refractivity contribution in [3.05, 3.63) is 35.6 Å². The summed E-state index contributed by atoms with van der Waals surface area (Å²) >= 11 is 0. The number of carboxylic acids is 1. The van der Waals surface area contributed by atoms with Crippen LogP contribution in [0.4, 0.5) is 4.39 Å². The second-order valence-electron chi connectivity index (χ2n) is 6.03. The van der Waals surface area contributed by atoms with Gasteiger partial charge in [0.15, 0.2) is 0 Å². The van der Waals surface area contributed by atoms with Gasteiger partial charge in [0.1, 0.15) is 5.82 Å². The maximum absolute atomic E-state index is 12.8. The molecule has 1 fully saturated rings. The number of carbonyl (C=O) groups excluding carboxylic acids is 1. The van der Waals surface area contributed by atoms with Crippen LogP contribution in [0.15, 0.2) is 24.3 Å². The van der Waals surface area contributed by atoms with E-state index in [-0.39, 0.29) is 17.6 Å². The molecule has 1 aromatic carbocycles. The minimum atomic E-state index is -0.800. The molecule has 0 bridgehead atoms. The molecule has 5 heteroatoms. The van der Waals surface area contributed by atoms with Gasteiger partial charge in [0, 0.05) is 19.5 Å². The lowest BCUT2D eigenvalue weighted by Gasteiger charge is -2.29. The lowest BCUT2D eigenvalue weighted by Crippen LogP contribution is -2.37. The molecule has 1 aliphatic rings. The standard InChI is InChI=1S/C17H22FNO3/c1-19(10-9-12-5-7-15(18)8-6-12)16(20)13-3-2-4-14(11-13)17(21)22/h5-8,13-14H,2-4,9-11H2,1H3,(H,21,22). The average Bonchev–Trinajstić information content (AvgIpc) is 2.53. The Bertz CT molecular complexity index is 529. The zero-order valence-electron chi connectivity index (χ0n) is 12.8. The molecule has 2 atom stereocenters. The first-order chi connectivity index (χ1) is 10.5. The van der Waals surface area contributed by atoms with Gasteiger partial charge in [-0.2, -0.15) is 0 Å². The zero-order valence-corrected chi connectivity index (χ0v) is 12.8. The molecule has 1 saturated carbocycles. The van der Waals surface area contributed by atoms with E-state index in [4.69, 9.17) is 5.11 Å². The SMILES string of the molecule is CN(CCc1ccc(F)cc1)C(=O)C1CCCC(C(=O)O)C1. The number of amides is 1. The Morgan fingerprint density at radius 1 is 1.23 bits per heavy atom. The highest BCUT2D eigenvalue weighted by Crippen LogP contribution is 2.30. The van der Waals surface area contributed by atoms with Gasteiger partial charge in [-0.3, -0.25) is 9.59 Å². The van der Waals surface area contributed by atoms with Crippen LogP contribution in [-0.4, -0.2) is 35.5 Å². The van der Waals surface area contributed by atoms with E-state index in [1.165, 1.54) is 12.1 Å². The summed E-state index contributed by atoms with van der Waals surface area (Å²) in [5.41, 5.74) is 0.980. The van der Waals surface area contributed by atoms with Crippen molar-refractivity contribution in [2.75, 3.05) is 13.6 Å². The molecule has 0 heterocycles. The summed E-state index contributed by atoms with van der Waals surface area (Å²) in [6, 6.07) is 6.26. The molecule has 1 amide bonds. The highest BCUT2D eigenvalue weighted by molar-refractivity contribution is 5.80. The second-order valence-corrected chi connectivity index (χ2v) is 6.03. The summed E-state index contributed by atoms with van der Waals surface area (Å²) < 4.78 is 12.8.